The van der Waals surface area contributed by atoms with Crippen LogP contribution in [0.15, 0.2) is 42.5 Å². The van der Waals surface area contributed by atoms with Gasteiger partial charge in [-0.25, -0.2) is 0 Å². The van der Waals surface area contributed by atoms with Crippen LogP contribution in [0.4, 0.5) is 5.69 Å². The maximum Gasteiger partial charge on any atom is 0.311 e. The fourth-order valence-corrected chi connectivity index (χ4v) is 2.38. The van der Waals surface area contributed by atoms with Crippen LogP contribution < -0.4 is 0 Å². The molecule has 0 aliphatic carbocycles. The molecule has 22 heavy (non-hydrogen) atoms. The number of carbonyl (C=O) groups excluding carboxylic acids is 1. The van der Waals surface area contributed by atoms with E-state index in [1.807, 2.05) is 18.2 Å². The second kappa shape index (κ2) is 7.36. The molecule has 0 aliphatic rings. The predicted molar refractivity (Wildman–Crippen MR) is 83.2 cm³/mol. The summed E-state index contributed by atoms with van der Waals surface area (Å²) in [6, 6.07) is 12.9. The van der Waals surface area contributed by atoms with Crippen molar-refractivity contribution in [2.75, 3.05) is 0 Å². The Hall–Kier alpha value is -2.69. The van der Waals surface area contributed by atoms with Gasteiger partial charge in [0.1, 0.15) is 0 Å². The zero-order valence-corrected chi connectivity index (χ0v) is 12.1. The molecule has 5 heteroatoms. The third kappa shape index (κ3) is 3.91. The van der Waals surface area contributed by atoms with E-state index in [9.17, 15) is 20.0 Å². The smallest absolute Gasteiger partial charge is 0.311 e. The maximum absolute atomic E-state index is 10.9. The van der Waals surface area contributed by atoms with Crippen molar-refractivity contribution in [3.05, 3.63) is 69.3 Å². The Labute approximate surface area is 128 Å². The molecule has 0 heterocycles. The quantitative estimate of drug-likeness (QED) is 0.366. The molecule has 0 radical (unpaired) electrons. The van der Waals surface area contributed by atoms with E-state index in [0.29, 0.717) is 18.3 Å². The maximum atomic E-state index is 10.9. The first-order valence-corrected chi connectivity index (χ1v) is 7.11. The lowest BCUT2D eigenvalue weighted by atomic mass is 10.0. The number of benzene rings is 2. The Balaban J connectivity index is 1.99. The van der Waals surface area contributed by atoms with Gasteiger partial charge in [-0.2, -0.15) is 0 Å². The van der Waals surface area contributed by atoms with Gasteiger partial charge in [0.25, 0.3) is 0 Å². The van der Waals surface area contributed by atoms with Gasteiger partial charge >= 0.3 is 5.69 Å². The van der Waals surface area contributed by atoms with Crippen molar-refractivity contribution >= 4 is 12.0 Å². The second-order valence-electron chi connectivity index (χ2n) is 5.12. The summed E-state index contributed by atoms with van der Waals surface area (Å²) in [4.78, 5) is 21.1. The molecule has 0 spiro atoms. The van der Waals surface area contributed by atoms with Gasteiger partial charge in [0, 0.05) is 6.07 Å². The Bertz CT molecular complexity index is 668. The molecule has 0 atom stereocenters. The first kappa shape index (κ1) is 15.7. The standard InChI is InChI=1S/C17H17NO4/c19-12-15-10-14(11-16(17(15)20)18(21)22)9-5-4-8-13-6-2-1-3-7-13/h1-3,6-7,10-12,20H,4-5,8-9H2. The number of rotatable bonds is 7. The summed E-state index contributed by atoms with van der Waals surface area (Å²) in [5.41, 5.74) is 1.50. The van der Waals surface area contributed by atoms with Gasteiger partial charge in [0.05, 0.1) is 10.5 Å². The van der Waals surface area contributed by atoms with Gasteiger partial charge in [-0.15, -0.1) is 0 Å². The number of hydrogen-bond donors (Lipinski definition) is 1. The van der Waals surface area contributed by atoms with Crippen molar-refractivity contribution < 1.29 is 14.8 Å². The zero-order valence-electron chi connectivity index (χ0n) is 12.1. The van der Waals surface area contributed by atoms with Gasteiger partial charge in [-0.05, 0) is 42.9 Å². The van der Waals surface area contributed by atoms with Crippen LogP contribution in [-0.2, 0) is 12.8 Å². The number of aldehydes is 1. The molecule has 0 amide bonds. The number of nitro benzene ring substituents is 1. The Morgan fingerprint density at radius 2 is 1.68 bits per heavy atom. The molecule has 2 aromatic carbocycles. The van der Waals surface area contributed by atoms with E-state index in [0.717, 1.165) is 19.3 Å². The minimum Gasteiger partial charge on any atom is -0.502 e. The first-order chi connectivity index (χ1) is 10.6. The number of carbonyl (C=O) groups is 1. The van der Waals surface area contributed by atoms with Gasteiger partial charge in [-0.1, -0.05) is 30.3 Å². The van der Waals surface area contributed by atoms with Crippen LogP contribution in [0, 0.1) is 10.1 Å². The third-order valence-electron chi connectivity index (χ3n) is 3.53. The molecule has 0 aromatic heterocycles. The minimum absolute atomic E-state index is 0.0349. The van der Waals surface area contributed by atoms with Crippen LogP contribution in [0.3, 0.4) is 0 Å². The Kier molecular flexibility index (Phi) is 5.25. The van der Waals surface area contributed by atoms with Crippen molar-refractivity contribution in [3.8, 4) is 5.75 Å². The molecule has 0 aliphatic heterocycles. The van der Waals surface area contributed by atoms with Gasteiger partial charge in [-0.3, -0.25) is 14.9 Å². The highest BCUT2D eigenvalue weighted by Gasteiger charge is 2.18. The SMILES string of the molecule is O=Cc1cc(CCCCc2ccccc2)cc([N+](=O)[O-])c1O. The lowest BCUT2D eigenvalue weighted by Crippen LogP contribution is -1.96. The molecule has 0 saturated heterocycles. The lowest BCUT2D eigenvalue weighted by molar-refractivity contribution is -0.385. The molecular formula is C17H17NO4. The highest BCUT2D eigenvalue weighted by Crippen LogP contribution is 2.30. The van der Waals surface area contributed by atoms with Crippen molar-refractivity contribution in [3.63, 3.8) is 0 Å². The Morgan fingerprint density at radius 1 is 1.05 bits per heavy atom. The highest BCUT2D eigenvalue weighted by molar-refractivity contribution is 5.82. The fraction of sp³-hybridized carbons (Fsp3) is 0.235. The predicted octanol–water partition coefficient (Wildman–Crippen LogP) is 3.68. The number of aromatic hydroxyl groups is 1. The number of phenolic OH excluding ortho intramolecular Hbond substituents is 1. The average Bonchev–Trinajstić information content (AvgIpc) is 2.53. The third-order valence-corrected chi connectivity index (χ3v) is 3.53. The van der Waals surface area contributed by atoms with E-state index in [1.165, 1.54) is 17.7 Å². The fourth-order valence-electron chi connectivity index (χ4n) is 2.38. The Morgan fingerprint density at radius 3 is 2.27 bits per heavy atom. The van der Waals surface area contributed by atoms with E-state index in [2.05, 4.69) is 12.1 Å². The summed E-state index contributed by atoms with van der Waals surface area (Å²) in [5.74, 6) is -0.562. The first-order valence-electron chi connectivity index (χ1n) is 7.11. The van der Waals surface area contributed by atoms with Gasteiger partial charge in [0.15, 0.2) is 6.29 Å². The molecule has 0 fully saturated rings. The second-order valence-corrected chi connectivity index (χ2v) is 5.12. The lowest BCUT2D eigenvalue weighted by Gasteiger charge is -2.05. The molecule has 0 saturated carbocycles. The molecule has 1 N–H and O–H groups in total. The number of unbranched alkanes of at least 4 members (excludes halogenated alkanes) is 1. The van der Waals surface area contributed by atoms with Crippen molar-refractivity contribution in [2.45, 2.75) is 25.7 Å². The topological polar surface area (TPSA) is 80.4 Å². The number of phenols is 1. The summed E-state index contributed by atoms with van der Waals surface area (Å²) in [5, 5.41) is 20.5. The largest absolute Gasteiger partial charge is 0.502 e. The number of nitro groups is 1. The average molecular weight is 299 g/mol. The molecule has 2 rings (SSSR count). The van der Waals surface area contributed by atoms with Crippen molar-refractivity contribution in [1.29, 1.82) is 0 Å². The summed E-state index contributed by atoms with van der Waals surface area (Å²) >= 11 is 0. The summed E-state index contributed by atoms with van der Waals surface area (Å²) in [6.45, 7) is 0. The van der Waals surface area contributed by atoms with Crippen LogP contribution in [-0.4, -0.2) is 16.3 Å². The van der Waals surface area contributed by atoms with E-state index in [-0.39, 0.29) is 5.56 Å². The van der Waals surface area contributed by atoms with E-state index in [1.54, 1.807) is 0 Å². The van der Waals surface area contributed by atoms with Crippen LogP contribution in [0.2, 0.25) is 0 Å². The van der Waals surface area contributed by atoms with Gasteiger partial charge < -0.3 is 5.11 Å². The van der Waals surface area contributed by atoms with Crippen LogP contribution in [0.25, 0.3) is 0 Å². The van der Waals surface area contributed by atoms with Crippen molar-refractivity contribution in [1.82, 2.24) is 0 Å². The number of nitrogens with zero attached hydrogens (tertiary/aromatic N) is 1. The summed E-state index contributed by atoms with van der Waals surface area (Å²) in [6.07, 6.45) is 3.83. The molecule has 2 aromatic rings. The highest BCUT2D eigenvalue weighted by atomic mass is 16.6. The van der Waals surface area contributed by atoms with Crippen LogP contribution >= 0.6 is 0 Å². The van der Waals surface area contributed by atoms with E-state index >= 15 is 0 Å². The van der Waals surface area contributed by atoms with E-state index in [4.69, 9.17) is 0 Å². The monoisotopic (exact) mass is 299 g/mol. The normalized spacial score (nSPS) is 10.4. The molecule has 0 bridgehead atoms. The zero-order chi connectivity index (χ0) is 15.9. The summed E-state index contributed by atoms with van der Waals surface area (Å²) < 4.78 is 0. The van der Waals surface area contributed by atoms with Gasteiger partial charge in [0.2, 0.25) is 5.75 Å². The summed E-state index contributed by atoms with van der Waals surface area (Å²) in [7, 11) is 0. The molecule has 114 valence electrons. The number of hydrogen-bond acceptors (Lipinski definition) is 4. The van der Waals surface area contributed by atoms with Crippen LogP contribution in [0.1, 0.15) is 34.3 Å². The van der Waals surface area contributed by atoms with Crippen LogP contribution in [0.5, 0.6) is 5.75 Å². The minimum atomic E-state index is -0.671. The van der Waals surface area contributed by atoms with Crippen molar-refractivity contribution in [2.24, 2.45) is 0 Å². The molecule has 5 nitrogen and oxygen atoms in total. The molecule has 0 unspecified atom stereocenters. The van der Waals surface area contributed by atoms with E-state index < -0.39 is 16.4 Å². The molecular weight excluding hydrogens is 282 g/mol. The number of aryl methyl sites for hydroxylation is 2.